The smallest absolute Gasteiger partial charge is 0.0889 e. The van der Waals surface area contributed by atoms with E-state index in [2.05, 4.69) is 10.3 Å². The van der Waals surface area contributed by atoms with E-state index in [1.807, 2.05) is 42.5 Å². The largest absolute Gasteiger partial charge is 0.305 e. The van der Waals surface area contributed by atoms with Gasteiger partial charge in [-0.3, -0.25) is 0 Å². The number of hydrogen-bond donors (Lipinski definition) is 1. The average molecular weight is 232 g/mol. The van der Waals surface area contributed by atoms with Crippen LogP contribution in [0.5, 0.6) is 0 Å². The first-order chi connectivity index (χ1) is 7.81. The summed E-state index contributed by atoms with van der Waals surface area (Å²) in [6.07, 6.45) is 0. The molecule has 0 aromatic heterocycles. The van der Waals surface area contributed by atoms with Gasteiger partial charge in [0.2, 0.25) is 0 Å². The van der Waals surface area contributed by atoms with Gasteiger partial charge in [0.1, 0.15) is 0 Å². The summed E-state index contributed by atoms with van der Waals surface area (Å²) in [5.74, 6) is 4.98. The molecule has 0 amide bonds. The second-order valence-corrected chi connectivity index (χ2v) is 3.65. The Bertz CT molecular complexity index is 509. The second kappa shape index (κ2) is 4.77. The zero-order chi connectivity index (χ0) is 11.4. The molecule has 2 N–H and O–H groups in total. The number of hydrogen-bond acceptors (Lipinski definition) is 2. The van der Waals surface area contributed by atoms with E-state index in [-0.39, 0.29) is 0 Å². The van der Waals surface area contributed by atoms with Gasteiger partial charge >= 0.3 is 0 Å². The van der Waals surface area contributed by atoms with Crippen LogP contribution in [0.4, 0.5) is 5.69 Å². The molecule has 0 aliphatic carbocycles. The van der Waals surface area contributed by atoms with E-state index in [0.717, 1.165) is 11.1 Å². The average Bonchev–Trinajstić information content (AvgIpc) is 2.31. The van der Waals surface area contributed by atoms with Crippen LogP contribution >= 0.6 is 11.6 Å². The van der Waals surface area contributed by atoms with Crippen LogP contribution in [0.1, 0.15) is 0 Å². The van der Waals surface area contributed by atoms with Crippen molar-refractivity contribution in [3.63, 3.8) is 0 Å². The Balaban J connectivity index is 2.44. The SMILES string of the molecule is NN=Nc1ccc(-c2ccccc2)c(Cl)c1. The van der Waals surface area contributed by atoms with Gasteiger partial charge in [-0.15, -0.1) is 5.11 Å². The molecule has 0 heterocycles. The van der Waals surface area contributed by atoms with E-state index in [1.165, 1.54) is 0 Å². The van der Waals surface area contributed by atoms with Crippen molar-refractivity contribution in [2.24, 2.45) is 16.2 Å². The van der Waals surface area contributed by atoms with Gasteiger partial charge in [0, 0.05) is 5.56 Å². The first-order valence-corrected chi connectivity index (χ1v) is 5.15. The minimum absolute atomic E-state index is 0.635. The molecule has 0 radical (unpaired) electrons. The number of rotatable bonds is 2. The minimum Gasteiger partial charge on any atom is -0.305 e. The molecule has 0 spiro atoms. The van der Waals surface area contributed by atoms with E-state index in [4.69, 9.17) is 17.4 Å². The minimum atomic E-state index is 0.635. The summed E-state index contributed by atoms with van der Waals surface area (Å²) in [7, 11) is 0. The lowest BCUT2D eigenvalue weighted by molar-refractivity contribution is 1.06. The van der Waals surface area contributed by atoms with E-state index in [0.29, 0.717) is 10.7 Å². The van der Waals surface area contributed by atoms with Crippen LogP contribution in [0.2, 0.25) is 5.02 Å². The molecule has 0 unspecified atom stereocenters. The lowest BCUT2D eigenvalue weighted by Gasteiger charge is -2.04. The van der Waals surface area contributed by atoms with E-state index in [1.54, 1.807) is 6.07 Å². The molecule has 16 heavy (non-hydrogen) atoms. The molecule has 3 nitrogen and oxygen atoms in total. The number of nitrogens with two attached hydrogens (primary N) is 1. The standard InChI is InChI=1S/C12H10ClN3/c13-12-8-10(15-16-14)6-7-11(12)9-4-2-1-3-5-9/h1-8H,(H2,14,15). The first-order valence-electron chi connectivity index (χ1n) is 4.77. The highest BCUT2D eigenvalue weighted by Crippen LogP contribution is 2.30. The van der Waals surface area contributed by atoms with Gasteiger partial charge in [0.05, 0.1) is 10.7 Å². The maximum absolute atomic E-state index is 6.16. The van der Waals surface area contributed by atoms with Crippen molar-refractivity contribution in [1.29, 1.82) is 0 Å². The zero-order valence-corrected chi connectivity index (χ0v) is 9.22. The molecular formula is C12H10ClN3. The van der Waals surface area contributed by atoms with Crippen LogP contribution in [0.25, 0.3) is 11.1 Å². The fraction of sp³-hybridized carbons (Fsp3) is 0. The highest BCUT2D eigenvalue weighted by atomic mass is 35.5. The van der Waals surface area contributed by atoms with Crippen LogP contribution in [0, 0.1) is 0 Å². The van der Waals surface area contributed by atoms with Crippen LogP contribution in [0.15, 0.2) is 58.9 Å². The fourth-order valence-electron chi connectivity index (χ4n) is 1.48. The normalized spacial score (nSPS) is 10.8. The topological polar surface area (TPSA) is 50.7 Å². The van der Waals surface area contributed by atoms with E-state index in [9.17, 15) is 0 Å². The third kappa shape index (κ3) is 2.20. The summed E-state index contributed by atoms with van der Waals surface area (Å²) in [6, 6.07) is 15.4. The lowest BCUT2D eigenvalue weighted by Crippen LogP contribution is -1.79. The third-order valence-corrected chi connectivity index (χ3v) is 2.52. The Labute approximate surface area is 98.5 Å². The third-order valence-electron chi connectivity index (χ3n) is 2.21. The Morgan fingerprint density at radius 1 is 1.00 bits per heavy atom. The van der Waals surface area contributed by atoms with Gasteiger partial charge in [-0.25, -0.2) is 0 Å². The number of halogens is 1. The molecule has 0 aliphatic heterocycles. The Kier molecular flexibility index (Phi) is 3.17. The summed E-state index contributed by atoms with van der Waals surface area (Å²) in [5, 5.41) is 7.57. The van der Waals surface area contributed by atoms with Crippen molar-refractivity contribution in [3.8, 4) is 11.1 Å². The zero-order valence-electron chi connectivity index (χ0n) is 8.47. The molecule has 2 aromatic carbocycles. The van der Waals surface area contributed by atoms with Gasteiger partial charge in [-0.1, -0.05) is 53.2 Å². The molecule has 2 aromatic rings. The highest BCUT2D eigenvalue weighted by molar-refractivity contribution is 6.33. The number of benzene rings is 2. The van der Waals surface area contributed by atoms with Gasteiger partial charge in [-0.2, -0.15) is 0 Å². The molecule has 4 heteroatoms. The molecule has 0 saturated heterocycles. The second-order valence-electron chi connectivity index (χ2n) is 3.25. The molecule has 0 fully saturated rings. The van der Waals surface area contributed by atoms with Gasteiger partial charge in [0.15, 0.2) is 0 Å². The van der Waals surface area contributed by atoms with Crippen molar-refractivity contribution in [2.75, 3.05) is 0 Å². The monoisotopic (exact) mass is 231 g/mol. The predicted octanol–water partition coefficient (Wildman–Crippen LogP) is 3.96. The Hall–Kier alpha value is -1.87. The van der Waals surface area contributed by atoms with Crippen LogP contribution in [-0.2, 0) is 0 Å². The van der Waals surface area contributed by atoms with Crippen LogP contribution in [-0.4, -0.2) is 0 Å². The molecule has 0 aliphatic rings. The van der Waals surface area contributed by atoms with Crippen molar-refractivity contribution in [2.45, 2.75) is 0 Å². The van der Waals surface area contributed by atoms with Crippen LogP contribution < -0.4 is 5.84 Å². The quantitative estimate of drug-likeness (QED) is 0.475. The Morgan fingerprint density at radius 3 is 2.38 bits per heavy atom. The molecule has 80 valence electrons. The molecule has 0 saturated carbocycles. The molecule has 0 bridgehead atoms. The van der Waals surface area contributed by atoms with Gasteiger partial charge in [-0.05, 0) is 17.7 Å². The maximum atomic E-state index is 6.16. The molecule has 0 atom stereocenters. The molecular weight excluding hydrogens is 222 g/mol. The van der Waals surface area contributed by atoms with Crippen molar-refractivity contribution in [1.82, 2.24) is 0 Å². The van der Waals surface area contributed by atoms with Crippen molar-refractivity contribution < 1.29 is 0 Å². The summed E-state index contributed by atoms with van der Waals surface area (Å²) in [4.78, 5) is 0. The Morgan fingerprint density at radius 2 is 1.75 bits per heavy atom. The summed E-state index contributed by atoms with van der Waals surface area (Å²) < 4.78 is 0. The highest BCUT2D eigenvalue weighted by Gasteiger charge is 2.03. The summed E-state index contributed by atoms with van der Waals surface area (Å²) >= 11 is 6.16. The van der Waals surface area contributed by atoms with Gasteiger partial charge in [0.25, 0.3) is 0 Å². The lowest BCUT2D eigenvalue weighted by atomic mass is 10.1. The van der Waals surface area contributed by atoms with Crippen molar-refractivity contribution >= 4 is 17.3 Å². The predicted molar refractivity (Wildman–Crippen MR) is 65.6 cm³/mol. The van der Waals surface area contributed by atoms with Crippen LogP contribution in [0.3, 0.4) is 0 Å². The van der Waals surface area contributed by atoms with E-state index < -0.39 is 0 Å². The number of nitrogens with zero attached hydrogens (tertiary/aromatic N) is 2. The maximum Gasteiger partial charge on any atom is 0.0889 e. The van der Waals surface area contributed by atoms with E-state index >= 15 is 0 Å². The van der Waals surface area contributed by atoms with Crippen molar-refractivity contribution in [3.05, 3.63) is 53.6 Å². The molecule has 2 rings (SSSR count). The first kappa shape index (κ1) is 10.6. The fourth-order valence-corrected chi connectivity index (χ4v) is 1.77. The summed E-state index contributed by atoms with van der Waals surface area (Å²) in [5.41, 5.74) is 2.69. The van der Waals surface area contributed by atoms with Gasteiger partial charge < -0.3 is 5.84 Å². The summed E-state index contributed by atoms with van der Waals surface area (Å²) in [6.45, 7) is 0.